The number of sulfonamides is 1. The molecule has 3 aliphatic heterocycles. The molecule has 0 amide bonds. The molecule has 9 heteroatoms. The van der Waals surface area contributed by atoms with E-state index in [2.05, 4.69) is 23.7 Å². The minimum atomic E-state index is -3.52. The van der Waals surface area contributed by atoms with E-state index in [1.54, 1.807) is 6.92 Å². The lowest BCUT2D eigenvalue weighted by molar-refractivity contribution is 0.482. The lowest BCUT2D eigenvalue weighted by Gasteiger charge is -2.33. The summed E-state index contributed by atoms with van der Waals surface area (Å²) in [6.07, 6.45) is 0. The maximum Gasteiger partial charge on any atom is 0.239 e. The SMILES string of the molecule is C=C1C2C[N+]12c1cc(C#N)cc(-c2csc([C@]3(C)CS(=O)(=O)N(C)C(N)=N3)c2)c1. The van der Waals surface area contributed by atoms with Gasteiger partial charge in [0, 0.05) is 24.1 Å². The Kier molecular flexibility index (Phi) is 3.47. The maximum absolute atomic E-state index is 12.5. The van der Waals surface area contributed by atoms with E-state index >= 15 is 0 Å². The lowest BCUT2D eigenvalue weighted by Crippen LogP contribution is -2.50. The van der Waals surface area contributed by atoms with Gasteiger partial charge >= 0.3 is 0 Å². The van der Waals surface area contributed by atoms with E-state index in [9.17, 15) is 13.7 Å². The summed E-state index contributed by atoms with van der Waals surface area (Å²) in [5.41, 5.74) is 9.72. The van der Waals surface area contributed by atoms with Crippen LogP contribution in [0.15, 0.2) is 46.9 Å². The summed E-state index contributed by atoms with van der Waals surface area (Å²) in [5.74, 6) is -0.145. The van der Waals surface area contributed by atoms with Crippen molar-refractivity contribution in [1.82, 2.24) is 8.79 Å². The minimum absolute atomic E-state index is 0.00844. The fourth-order valence-electron chi connectivity index (χ4n) is 4.16. The molecule has 1 aromatic carbocycles. The first-order valence-electron chi connectivity index (χ1n) is 9.15. The van der Waals surface area contributed by atoms with Crippen molar-refractivity contribution in [1.29, 1.82) is 5.26 Å². The van der Waals surface area contributed by atoms with E-state index in [1.165, 1.54) is 24.1 Å². The summed E-state index contributed by atoms with van der Waals surface area (Å²) in [5, 5.41) is 11.5. The zero-order valence-corrected chi connectivity index (χ0v) is 17.7. The molecule has 2 N–H and O–H groups in total. The van der Waals surface area contributed by atoms with Gasteiger partial charge < -0.3 is 5.73 Å². The van der Waals surface area contributed by atoms with Crippen LogP contribution in [0.4, 0.5) is 5.69 Å². The standard InChI is InChI=1S/C20H20N5O2S2/c1-12-17-9-25(12,17)16-5-13(8-21)4-14(6-16)15-7-18(28-10-15)20(2)11-29(26,27)24(3)19(22)23-20/h4-7,10,17H,1,9,11H2,2-3H3,(H2,22,23)/q+1/t17?,20-,25?/m0/s1. The maximum atomic E-state index is 12.5. The summed E-state index contributed by atoms with van der Waals surface area (Å²) < 4.78 is 26.7. The molecular weight excluding hydrogens is 406 g/mol. The molecular formula is C20H20N5O2S2+. The number of nitriles is 1. The van der Waals surface area contributed by atoms with Gasteiger partial charge in [0.25, 0.3) is 0 Å². The van der Waals surface area contributed by atoms with Crippen LogP contribution in [0.5, 0.6) is 0 Å². The average Bonchev–Trinajstić information content (AvgIpc) is 3.47. The molecule has 0 bridgehead atoms. The fraction of sp³-hybridized carbons (Fsp3) is 0.300. The highest BCUT2D eigenvalue weighted by Gasteiger charge is 2.80. The molecule has 5 rings (SSSR count). The first-order valence-corrected chi connectivity index (χ1v) is 11.6. The Morgan fingerprint density at radius 3 is 2.69 bits per heavy atom. The normalized spacial score (nSPS) is 31.6. The second kappa shape index (κ2) is 5.48. The van der Waals surface area contributed by atoms with E-state index in [4.69, 9.17) is 5.73 Å². The first kappa shape index (κ1) is 18.4. The summed E-state index contributed by atoms with van der Waals surface area (Å²) in [7, 11) is -2.11. The highest BCUT2D eigenvalue weighted by Crippen LogP contribution is 2.62. The van der Waals surface area contributed by atoms with Crippen LogP contribution in [0.2, 0.25) is 0 Å². The van der Waals surface area contributed by atoms with Gasteiger partial charge in [-0.3, -0.25) is 0 Å². The predicted molar refractivity (Wildman–Crippen MR) is 115 cm³/mol. The number of rotatable bonds is 3. The van der Waals surface area contributed by atoms with Crippen LogP contribution in [0.1, 0.15) is 17.4 Å². The Bertz CT molecular complexity index is 1270. The number of fused-ring (bicyclic) bond motifs is 1. The van der Waals surface area contributed by atoms with Gasteiger partial charge in [0.05, 0.1) is 17.4 Å². The van der Waals surface area contributed by atoms with Gasteiger partial charge in [-0.2, -0.15) is 5.26 Å². The molecule has 0 radical (unpaired) electrons. The number of thiophene rings is 1. The van der Waals surface area contributed by atoms with Crippen LogP contribution in [0.3, 0.4) is 0 Å². The van der Waals surface area contributed by atoms with Crippen molar-refractivity contribution < 1.29 is 8.42 Å². The zero-order chi connectivity index (χ0) is 20.8. The Labute approximate surface area is 173 Å². The van der Waals surface area contributed by atoms with Crippen molar-refractivity contribution in [2.24, 2.45) is 10.7 Å². The average molecular weight is 427 g/mol. The summed E-state index contributed by atoms with van der Waals surface area (Å²) in [6.45, 7) is 6.95. The highest BCUT2D eigenvalue weighted by atomic mass is 32.2. The van der Waals surface area contributed by atoms with Gasteiger partial charge in [-0.1, -0.05) is 0 Å². The van der Waals surface area contributed by atoms with Crippen LogP contribution in [0.25, 0.3) is 11.1 Å². The minimum Gasteiger partial charge on any atom is -0.369 e. The van der Waals surface area contributed by atoms with Crippen molar-refractivity contribution in [2.45, 2.75) is 18.5 Å². The summed E-state index contributed by atoms with van der Waals surface area (Å²) in [4.78, 5) is 5.29. The van der Waals surface area contributed by atoms with Crippen molar-refractivity contribution in [3.8, 4) is 17.2 Å². The summed E-state index contributed by atoms with van der Waals surface area (Å²) in [6, 6.07) is 10.6. The molecule has 7 nitrogen and oxygen atoms in total. The zero-order valence-electron chi connectivity index (χ0n) is 16.1. The monoisotopic (exact) mass is 426 g/mol. The number of hydrogen-bond acceptors (Lipinski definition) is 6. The Morgan fingerprint density at radius 2 is 2.10 bits per heavy atom. The van der Waals surface area contributed by atoms with Crippen LogP contribution >= 0.6 is 11.3 Å². The van der Waals surface area contributed by atoms with Crippen molar-refractivity contribution in [3.63, 3.8) is 0 Å². The largest absolute Gasteiger partial charge is 0.369 e. The molecule has 2 unspecified atom stereocenters. The third-order valence-corrected chi connectivity index (χ3v) is 9.36. The van der Waals surface area contributed by atoms with Gasteiger partial charge in [-0.25, -0.2) is 22.2 Å². The highest BCUT2D eigenvalue weighted by molar-refractivity contribution is 7.89. The quantitative estimate of drug-likeness (QED) is 0.601. The number of aliphatic imine (C=N–C) groups is 1. The molecule has 29 heavy (non-hydrogen) atoms. The van der Waals surface area contributed by atoms with Crippen LogP contribution in [0, 0.1) is 11.3 Å². The van der Waals surface area contributed by atoms with Crippen molar-refractivity contribution >= 4 is 33.0 Å². The van der Waals surface area contributed by atoms with Gasteiger partial charge in [0.15, 0.2) is 12.2 Å². The molecule has 3 aliphatic rings. The third kappa shape index (κ3) is 2.50. The molecule has 2 aromatic rings. The summed E-state index contributed by atoms with van der Waals surface area (Å²) >= 11 is 1.46. The van der Waals surface area contributed by atoms with E-state index in [-0.39, 0.29) is 11.7 Å². The van der Waals surface area contributed by atoms with Gasteiger partial charge in [0.1, 0.15) is 11.2 Å². The molecule has 2 fully saturated rings. The molecule has 148 valence electrons. The number of nitrogens with two attached hydrogens (primary N) is 1. The number of nitrogens with zero attached hydrogens (tertiary/aromatic N) is 4. The Hall–Kier alpha value is -2.67. The molecule has 3 atom stereocenters. The van der Waals surface area contributed by atoms with Crippen LogP contribution in [-0.4, -0.2) is 44.1 Å². The van der Waals surface area contributed by atoms with Crippen LogP contribution in [-0.2, 0) is 15.6 Å². The Morgan fingerprint density at radius 1 is 1.38 bits per heavy atom. The number of benzene rings is 1. The third-order valence-electron chi connectivity index (χ3n) is 6.22. The second-order valence-electron chi connectivity index (χ2n) is 8.11. The molecule has 0 aliphatic carbocycles. The second-order valence-corrected chi connectivity index (χ2v) is 11.0. The lowest BCUT2D eigenvalue weighted by atomic mass is 10.00. The fourth-order valence-corrected chi connectivity index (χ4v) is 6.73. The smallest absolute Gasteiger partial charge is 0.239 e. The number of guanidine groups is 1. The molecule has 4 heterocycles. The first-order chi connectivity index (χ1) is 13.6. The number of hydrogen-bond donors (Lipinski definition) is 1. The van der Waals surface area contributed by atoms with E-state index in [0.29, 0.717) is 11.6 Å². The Balaban J connectivity index is 1.56. The van der Waals surface area contributed by atoms with Gasteiger partial charge in [0.2, 0.25) is 22.0 Å². The van der Waals surface area contributed by atoms with Gasteiger partial charge in [-0.05, 0) is 42.1 Å². The van der Waals surface area contributed by atoms with Crippen LogP contribution < -0.4 is 10.2 Å². The predicted octanol–water partition coefficient (Wildman–Crippen LogP) is 2.31. The van der Waals surface area contributed by atoms with E-state index in [0.717, 1.165) is 37.0 Å². The number of quaternary nitrogens is 1. The molecule has 0 spiro atoms. The molecule has 1 aromatic heterocycles. The van der Waals surface area contributed by atoms with E-state index < -0.39 is 15.6 Å². The van der Waals surface area contributed by atoms with Crippen molar-refractivity contribution in [3.05, 3.63) is 52.4 Å². The molecule has 0 saturated carbocycles. The van der Waals surface area contributed by atoms with E-state index in [1.807, 2.05) is 23.6 Å². The van der Waals surface area contributed by atoms with Crippen molar-refractivity contribution in [2.75, 3.05) is 19.3 Å². The van der Waals surface area contributed by atoms with Gasteiger partial charge in [-0.15, -0.1) is 11.3 Å². The molecule has 2 saturated heterocycles. The topological polar surface area (TPSA) is 99.5 Å².